The average molecular weight is 334 g/mol. The lowest BCUT2D eigenvalue weighted by Crippen LogP contribution is -2.50. The maximum Gasteiger partial charge on any atom is 0.266 e. The Morgan fingerprint density at radius 2 is 1.87 bits per heavy atom. The molecule has 1 saturated heterocycles. The van der Waals surface area contributed by atoms with Gasteiger partial charge in [-0.2, -0.15) is 5.10 Å². The predicted octanol–water partition coefficient (Wildman–Crippen LogP) is 2.12. The second kappa shape index (κ2) is 5.92. The van der Waals surface area contributed by atoms with Crippen LogP contribution in [0.2, 0.25) is 5.02 Å². The highest BCUT2D eigenvalue weighted by molar-refractivity contribution is 6.30. The summed E-state index contributed by atoms with van der Waals surface area (Å²) < 4.78 is 1.57. The Balaban J connectivity index is 1.66. The molecule has 6 nitrogen and oxygen atoms in total. The SMILES string of the molecule is CC(C)(C)c1ccc(=O)n(CC2CN(c3ncc(Cl)cn3)C2)n1. The minimum atomic E-state index is -0.0712. The van der Waals surface area contributed by atoms with Crippen LogP contribution in [0.3, 0.4) is 0 Å². The van der Waals surface area contributed by atoms with Crippen LogP contribution in [0.5, 0.6) is 0 Å². The highest BCUT2D eigenvalue weighted by atomic mass is 35.5. The molecule has 0 amide bonds. The Hall–Kier alpha value is -1.95. The van der Waals surface area contributed by atoms with Gasteiger partial charge < -0.3 is 4.90 Å². The molecule has 3 heterocycles. The second-order valence-corrected chi connectivity index (χ2v) is 7.40. The van der Waals surface area contributed by atoms with E-state index in [9.17, 15) is 4.79 Å². The number of nitrogens with zero attached hydrogens (tertiary/aromatic N) is 5. The summed E-state index contributed by atoms with van der Waals surface area (Å²) in [5, 5.41) is 5.04. The van der Waals surface area contributed by atoms with E-state index in [1.807, 2.05) is 6.07 Å². The van der Waals surface area contributed by atoms with E-state index in [1.54, 1.807) is 23.1 Å². The molecule has 0 saturated carbocycles. The largest absolute Gasteiger partial charge is 0.340 e. The van der Waals surface area contributed by atoms with Crippen LogP contribution in [-0.4, -0.2) is 32.8 Å². The molecule has 0 bridgehead atoms. The summed E-state index contributed by atoms with van der Waals surface area (Å²) in [6, 6.07) is 3.42. The molecule has 1 fully saturated rings. The lowest BCUT2D eigenvalue weighted by Gasteiger charge is -2.39. The Labute approximate surface area is 140 Å². The molecule has 3 rings (SSSR count). The van der Waals surface area contributed by atoms with Gasteiger partial charge in [-0.3, -0.25) is 4.79 Å². The second-order valence-electron chi connectivity index (χ2n) is 6.96. The third kappa shape index (κ3) is 3.52. The molecule has 0 aliphatic carbocycles. The first-order valence-corrected chi connectivity index (χ1v) is 8.02. The topological polar surface area (TPSA) is 63.9 Å². The third-order valence-electron chi connectivity index (χ3n) is 3.91. The van der Waals surface area contributed by atoms with E-state index in [0.29, 0.717) is 23.4 Å². The van der Waals surface area contributed by atoms with Crippen LogP contribution in [0, 0.1) is 5.92 Å². The van der Waals surface area contributed by atoms with Crippen LogP contribution in [0.1, 0.15) is 26.5 Å². The lowest BCUT2D eigenvalue weighted by molar-refractivity contribution is 0.326. The fourth-order valence-electron chi connectivity index (χ4n) is 2.54. The first kappa shape index (κ1) is 15.9. The summed E-state index contributed by atoms with van der Waals surface area (Å²) in [4.78, 5) is 22.5. The maximum absolute atomic E-state index is 12.0. The molecule has 0 atom stereocenters. The van der Waals surface area contributed by atoms with Crippen molar-refractivity contribution < 1.29 is 0 Å². The van der Waals surface area contributed by atoms with Crippen LogP contribution in [0.4, 0.5) is 5.95 Å². The first-order valence-electron chi connectivity index (χ1n) is 7.64. The van der Waals surface area contributed by atoms with Crippen molar-refractivity contribution in [2.45, 2.75) is 32.7 Å². The van der Waals surface area contributed by atoms with Crippen molar-refractivity contribution in [2.75, 3.05) is 18.0 Å². The summed E-state index contributed by atoms with van der Waals surface area (Å²) in [5.74, 6) is 1.05. The van der Waals surface area contributed by atoms with Crippen LogP contribution >= 0.6 is 11.6 Å². The van der Waals surface area contributed by atoms with Gasteiger partial charge in [0, 0.05) is 30.5 Å². The molecule has 2 aromatic heterocycles. The van der Waals surface area contributed by atoms with Crippen molar-refractivity contribution in [3.8, 4) is 0 Å². The summed E-state index contributed by atoms with van der Waals surface area (Å²) in [7, 11) is 0. The number of anilines is 1. The van der Waals surface area contributed by atoms with Crippen molar-refractivity contribution in [3.63, 3.8) is 0 Å². The quantitative estimate of drug-likeness (QED) is 0.861. The minimum Gasteiger partial charge on any atom is -0.340 e. The third-order valence-corrected chi connectivity index (χ3v) is 4.11. The van der Waals surface area contributed by atoms with Gasteiger partial charge in [-0.25, -0.2) is 14.6 Å². The predicted molar refractivity (Wildman–Crippen MR) is 89.9 cm³/mol. The fraction of sp³-hybridized carbons (Fsp3) is 0.500. The summed E-state index contributed by atoms with van der Waals surface area (Å²) in [6.45, 7) is 8.52. The molecule has 1 aliphatic heterocycles. The first-order chi connectivity index (χ1) is 10.8. The number of rotatable bonds is 3. The van der Waals surface area contributed by atoms with Crippen molar-refractivity contribution in [1.29, 1.82) is 0 Å². The van der Waals surface area contributed by atoms with Gasteiger partial charge in [0.25, 0.3) is 5.56 Å². The Morgan fingerprint density at radius 1 is 1.22 bits per heavy atom. The molecule has 0 unspecified atom stereocenters. The fourth-order valence-corrected chi connectivity index (χ4v) is 2.64. The van der Waals surface area contributed by atoms with E-state index in [4.69, 9.17) is 11.6 Å². The Morgan fingerprint density at radius 3 is 2.48 bits per heavy atom. The standard InChI is InChI=1S/C16H20ClN5O/c1-16(2,3)13-4-5-14(23)22(20-13)10-11-8-21(9-11)15-18-6-12(17)7-19-15/h4-7,11H,8-10H2,1-3H3. The van der Waals surface area contributed by atoms with Gasteiger partial charge in [-0.05, 0) is 6.07 Å². The van der Waals surface area contributed by atoms with Gasteiger partial charge in [0.05, 0.1) is 29.7 Å². The van der Waals surface area contributed by atoms with Crippen molar-refractivity contribution in [3.05, 3.63) is 45.6 Å². The van der Waals surface area contributed by atoms with Crippen LogP contribution in [0.15, 0.2) is 29.3 Å². The molecule has 23 heavy (non-hydrogen) atoms. The lowest BCUT2D eigenvalue weighted by atomic mass is 9.92. The van der Waals surface area contributed by atoms with Crippen molar-refractivity contribution in [2.24, 2.45) is 5.92 Å². The number of hydrogen-bond acceptors (Lipinski definition) is 5. The molecule has 0 N–H and O–H groups in total. The Kier molecular flexibility index (Phi) is 4.10. The zero-order chi connectivity index (χ0) is 16.6. The number of aromatic nitrogens is 4. The van der Waals surface area contributed by atoms with Crippen LogP contribution < -0.4 is 10.5 Å². The molecular weight excluding hydrogens is 314 g/mol. The van der Waals surface area contributed by atoms with E-state index in [1.165, 1.54) is 0 Å². The zero-order valence-electron chi connectivity index (χ0n) is 13.5. The van der Waals surface area contributed by atoms with Crippen molar-refractivity contribution >= 4 is 17.5 Å². The molecule has 7 heteroatoms. The van der Waals surface area contributed by atoms with Gasteiger partial charge in [0.15, 0.2) is 0 Å². The van der Waals surface area contributed by atoms with Gasteiger partial charge in [-0.15, -0.1) is 0 Å². The normalized spacial score (nSPS) is 15.6. The average Bonchev–Trinajstić information content (AvgIpc) is 2.44. The summed E-state index contributed by atoms with van der Waals surface area (Å²) >= 11 is 5.79. The van der Waals surface area contributed by atoms with Gasteiger partial charge in [0.1, 0.15) is 0 Å². The van der Waals surface area contributed by atoms with Gasteiger partial charge >= 0.3 is 0 Å². The molecule has 0 spiro atoms. The summed E-state index contributed by atoms with van der Waals surface area (Å²) in [5.41, 5.74) is 0.798. The molecule has 1 aliphatic rings. The monoisotopic (exact) mass is 333 g/mol. The van der Waals surface area contributed by atoms with Crippen LogP contribution in [-0.2, 0) is 12.0 Å². The summed E-state index contributed by atoms with van der Waals surface area (Å²) in [6.07, 6.45) is 3.19. The molecule has 2 aromatic rings. The van der Waals surface area contributed by atoms with Crippen molar-refractivity contribution in [1.82, 2.24) is 19.7 Å². The minimum absolute atomic E-state index is 0.0563. The highest BCUT2D eigenvalue weighted by Gasteiger charge is 2.29. The van der Waals surface area contributed by atoms with E-state index < -0.39 is 0 Å². The molecule has 122 valence electrons. The van der Waals surface area contributed by atoms with E-state index in [2.05, 4.69) is 40.7 Å². The highest BCUT2D eigenvalue weighted by Crippen LogP contribution is 2.23. The van der Waals surface area contributed by atoms with Gasteiger partial charge in [-0.1, -0.05) is 32.4 Å². The molecule has 0 aromatic carbocycles. The van der Waals surface area contributed by atoms with Gasteiger partial charge in [0.2, 0.25) is 5.95 Å². The number of halogens is 1. The number of hydrogen-bond donors (Lipinski definition) is 0. The Bertz CT molecular complexity index is 744. The zero-order valence-corrected chi connectivity index (χ0v) is 14.3. The molecule has 0 radical (unpaired) electrons. The molecular formula is C16H20ClN5O. The van der Waals surface area contributed by atoms with E-state index >= 15 is 0 Å². The smallest absolute Gasteiger partial charge is 0.266 e. The maximum atomic E-state index is 12.0. The van der Waals surface area contributed by atoms with E-state index in [0.717, 1.165) is 18.8 Å². The van der Waals surface area contributed by atoms with E-state index in [-0.39, 0.29) is 11.0 Å². The van der Waals surface area contributed by atoms with Crippen LogP contribution in [0.25, 0.3) is 0 Å².